The van der Waals surface area contributed by atoms with Crippen molar-refractivity contribution in [1.82, 2.24) is 0 Å². The minimum atomic E-state index is -3.84. The summed E-state index contributed by atoms with van der Waals surface area (Å²) >= 11 is 0. The Bertz CT molecular complexity index is 109. The second-order valence-corrected chi connectivity index (χ2v) is 1.62. The Balaban J connectivity index is 2.58. The summed E-state index contributed by atoms with van der Waals surface area (Å²) in [7, 11) is 0. The Morgan fingerprint density at radius 3 is 1.33 bits per heavy atom. The molecule has 0 bridgehead atoms. The first-order valence-electron chi connectivity index (χ1n) is 2.04. The van der Waals surface area contributed by atoms with Gasteiger partial charge in [-0.05, 0) is 0 Å². The fraction of sp³-hybridized carbons (Fsp3) is 1.00. The monoisotopic (exact) mass is 146 g/mol. The highest BCUT2D eigenvalue weighted by Crippen LogP contribution is 2.39. The normalized spacial score (nSPS) is 30.7. The molecule has 6 heteroatoms. The summed E-state index contributed by atoms with van der Waals surface area (Å²) < 4.78 is 46.5. The van der Waals surface area contributed by atoms with Gasteiger partial charge in [-0.3, -0.25) is 0 Å². The summed E-state index contributed by atoms with van der Waals surface area (Å²) in [5.41, 5.74) is 0. The number of halogens is 4. The van der Waals surface area contributed by atoms with Gasteiger partial charge in [-0.2, -0.15) is 27.3 Å². The van der Waals surface area contributed by atoms with Crippen LogP contribution >= 0.6 is 0 Å². The van der Waals surface area contributed by atoms with E-state index in [-0.39, 0.29) is 0 Å². The van der Waals surface area contributed by atoms with Crippen LogP contribution in [0.15, 0.2) is 0 Å². The lowest BCUT2D eigenvalue weighted by molar-refractivity contribution is -0.444. The molecule has 54 valence electrons. The standard InChI is InChI=1S/C3H2F4O2/c4-2(5)1-3(6,7)9-8-2/h1H2. The molecule has 0 unspecified atom stereocenters. The first-order valence-corrected chi connectivity index (χ1v) is 2.04. The van der Waals surface area contributed by atoms with Crippen LogP contribution in [0.3, 0.4) is 0 Å². The molecule has 0 atom stereocenters. The highest BCUT2D eigenvalue weighted by Gasteiger charge is 2.55. The number of rotatable bonds is 0. The van der Waals surface area contributed by atoms with E-state index >= 15 is 0 Å². The average Bonchev–Trinajstić information content (AvgIpc) is 1.78. The predicted octanol–water partition coefficient (Wildman–Crippen LogP) is 1.52. The Morgan fingerprint density at radius 1 is 0.889 bits per heavy atom. The van der Waals surface area contributed by atoms with E-state index in [0.717, 1.165) is 0 Å². The molecule has 9 heavy (non-hydrogen) atoms. The predicted molar refractivity (Wildman–Crippen MR) is 16.7 cm³/mol. The summed E-state index contributed by atoms with van der Waals surface area (Å²) in [6, 6.07) is 0. The van der Waals surface area contributed by atoms with Crippen LogP contribution in [0.1, 0.15) is 6.42 Å². The van der Waals surface area contributed by atoms with Crippen molar-refractivity contribution in [2.45, 2.75) is 18.6 Å². The number of hydrogen-bond acceptors (Lipinski definition) is 2. The smallest absolute Gasteiger partial charge is 0.173 e. The third kappa shape index (κ3) is 1.52. The van der Waals surface area contributed by atoms with Gasteiger partial charge in [-0.25, -0.2) is 0 Å². The van der Waals surface area contributed by atoms with Gasteiger partial charge in [0.1, 0.15) is 6.42 Å². The van der Waals surface area contributed by atoms with Gasteiger partial charge in [0.15, 0.2) is 0 Å². The van der Waals surface area contributed by atoms with Crippen LogP contribution in [0.5, 0.6) is 0 Å². The van der Waals surface area contributed by atoms with E-state index < -0.39 is 18.6 Å². The molecule has 2 nitrogen and oxygen atoms in total. The van der Waals surface area contributed by atoms with Crippen molar-refractivity contribution < 1.29 is 27.3 Å². The van der Waals surface area contributed by atoms with E-state index in [1.54, 1.807) is 0 Å². The van der Waals surface area contributed by atoms with Crippen LogP contribution < -0.4 is 0 Å². The fourth-order valence-electron chi connectivity index (χ4n) is 0.420. The van der Waals surface area contributed by atoms with E-state index in [0.29, 0.717) is 0 Å². The van der Waals surface area contributed by atoms with Crippen LogP contribution in [0.25, 0.3) is 0 Å². The van der Waals surface area contributed by atoms with Crippen molar-refractivity contribution in [3.05, 3.63) is 0 Å². The summed E-state index contributed by atoms with van der Waals surface area (Å²) in [4.78, 5) is 5.94. The topological polar surface area (TPSA) is 18.5 Å². The summed E-state index contributed by atoms with van der Waals surface area (Å²) in [5, 5.41) is 0. The number of hydrogen-bond donors (Lipinski definition) is 0. The molecule has 0 aromatic heterocycles. The van der Waals surface area contributed by atoms with Gasteiger partial charge < -0.3 is 0 Å². The molecule has 0 aliphatic carbocycles. The van der Waals surface area contributed by atoms with Crippen LogP contribution in [-0.2, 0) is 9.78 Å². The zero-order valence-electron chi connectivity index (χ0n) is 4.04. The first-order chi connectivity index (χ1) is 3.91. The molecular weight excluding hydrogens is 144 g/mol. The molecule has 0 saturated carbocycles. The average molecular weight is 146 g/mol. The first kappa shape index (κ1) is 6.76. The third-order valence-corrected chi connectivity index (χ3v) is 0.697. The molecule has 1 aliphatic heterocycles. The molecule has 0 radical (unpaired) electrons. The van der Waals surface area contributed by atoms with Gasteiger partial charge in [-0.1, -0.05) is 0 Å². The van der Waals surface area contributed by atoms with Gasteiger partial charge >= 0.3 is 12.2 Å². The highest BCUT2D eigenvalue weighted by atomic mass is 19.3. The maximum atomic E-state index is 11.6. The molecule has 1 aliphatic rings. The van der Waals surface area contributed by atoms with E-state index in [1.165, 1.54) is 0 Å². The Hall–Kier alpha value is -0.360. The minimum absolute atomic E-state index is 1.71. The molecule has 0 aromatic carbocycles. The SMILES string of the molecule is FC1(F)CC(F)(F)OO1. The summed E-state index contributed by atoms with van der Waals surface area (Å²) in [6.45, 7) is 0. The van der Waals surface area contributed by atoms with Crippen molar-refractivity contribution in [3.8, 4) is 0 Å². The van der Waals surface area contributed by atoms with E-state index in [1.807, 2.05) is 0 Å². The van der Waals surface area contributed by atoms with E-state index in [4.69, 9.17) is 0 Å². The fourth-order valence-corrected chi connectivity index (χ4v) is 0.420. The molecule has 0 amide bonds. The van der Waals surface area contributed by atoms with Crippen molar-refractivity contribution in [1.29, 1.82) is 0 Å². The molecule has 1 heterocycles. The lowest BCUT2D eigenvalue weighted by atomic mass is 10.4. The van der Waals surface area contributed by atoms with Gasteiger partial charge in [0, 0.05) is 0 Å². The Labute approximate surface area is 47.3 Å². The zero-order valence-corrected chi connectivity index (χ0v) is 4.04. The van der Waals surface area contributed by atoms with E-state index in [2.05, 4.69) is 9.78 Å². The van der Waals surface area contributed by atoms with E-state index in [9.17, 15) is 17.6 Å². The molecular formula is C3H2F4O2. The lowest BCUT2D eigenvalue weighted by Crippen LogP contribution is -2.17. The zero-order chi connectivity index (χ0) is 7.12. The maximum absolute atomic E-state index is 11.6. The minimum Gasteiger partial charge on any atom is -0.173 e. The summed E-state index contributed by atoms with van der Waals surface area (Å²) in [6.07, 6.45) is -9.40. The molecule has 1 rings (SSSR count). The molecule has 0 N–H and O–H groups in total. The third-order valence-electron chi connectivity index (χ3n) is 0.697. The van der Waals surface area contributed by atoms with Gasteiger partial charge in [0.2, 0.25) is 0 Å². The largest absolute Gasteiger partial charge is 0.389 e. The van der Waals surface area contributed by atoms with Crippen LogP contribution in [0.2, 0.25) is 0 Å². The quantitative estimate of drug-likeness (QED) is 0.381. The molecule has 1 saturated heterocycles. The van der Waals surface area contributed by atoms with Gasteiger partial charge in [0.25, 0.3) is 0 Å². The lowest BCUT2D eigenvalue weighted by Gasteiger charge is -2.00. The molecule has 0 aromatic rings. The van der Waals surface area contributed by atoms with Crippen molar-refractivity contribution in [3.63, 3.8) is 0 Å². The van der Waals surface area contributed by atoms with Crippen LogP contribution in [-0.4, -0.2) is 12.2 Å². The maximum Gasteiger partial charge on any atom is 0.389 e. The highest BCUT2D eigenvalue weighted by molar-refractivity contribution is 4.63. The van der Waals surface area contributed by atoms with Gasteiger partial charge in [0.05, 0.1) is 0 Å². The Kier molecular flexibility index (Phi) is 1.18. The number of alkyl halides is 4. The summed E-state index contributed by atoms with van der Waals surface area (Å²) in [5.74, 6) is 0. The van der Waals surface area contributed by atoms with Crippen LogP contribution in [0, 0.1) is 0 Å². The molecule has 1 fully saturated rings. The van der Waals surface area contributed by atoms with Crippen LogP contribution in [0.4, 0.5) is 17.6 Å². The van der Waals surface area contributed by atoms with Crippen molar-refractivity contribution >= 4 is 0 Å². The van der Waals surface area contributed by atoms with Crippen molar-refractivity contribution in [2.75, 3.05) is 0 Å². The van der Waals surface area contributed by atoms with Crippen molar-refractivity contribution in [2.24, 2.45) is 0 Å². The second-order valence-electron chi connectivity index (χ2n) is 1.62. The second kappa shape index (κ2) is 1.57. The molecule has 0 spiro atoms. The Morgan fingerprint density at radius 2 is 1.22 bits per heavy atom. The van der Waals surface area contributed by atoms with Gasteiger partial charge in [-0.15, -0.1) is 0 Å².